The van der Waals surface area contributed by atoms with Gasteiger partial charge in [-0.3, -0.25) is 10.1 Å². The SMILES string of the molecule is CCOc1cc(N2CCC(Oc3ccc([N+](=O)[O-])cc3)CC2)ncn1. The van der Waals surface area contributed by atoms with E-state index in [0.717, 1.165) is 31.7 Å². The number of non-ortho nitro benzene ring substituents is 1. The van der Waals surface area contributed by atoms with E-state index in [9.17, 15) is 10.1 Å². The minimum Gasteiger partial charge on any atom is -0.490 e. The third-order valence-electron chi connectivity index (χ3n) is 4.04. The number of nitro benzene ring substituents is 1. The summed E-state index contributed by atoms with van der Waals surface area (Å²) in [4.78, 5) is 20.8. The number of piperidine rings is 1. The van der Waals surface area contributed by atoms with E-state index in [-0.39, 0.29) is 11.8 Å². The molecule has 0 radical (unpaired) electrons. The summed E-state index contributed by atoms with van der Waals surface area (Å²) in [6.45, 7) is 4.13. The fourth-order valence-corrected chi connectivity index (χ4v) is 2.77. The Labute approximate surface area is 145 Å². The Bertz CT molecular complexity index is 715. The van der Waals surface area contributed by atoms with Crippen LogP contribution < -0.4 is 14.4 Å². The van der Waals surface area contributed by atoms with Crippen LogP contribution in [0.1, 0.15) is 19.8 Å². The number of hydrogen-bond acceptors (Lipinski definition) is 7. The molecule has 0 spiro atoms. The normalized spacial score (nSPS) is 15.0. The number of rotatable bonds is 6. The van der Waals surface area contributed by atoms with Gasteiger partial charge < -0.3 is 14.4 Å². The van der Waals surface area contributed by atoms with Crippen LogP contribution in [0.5, 0.6) is 11.6 Å². The highest BCUT2D eigenvalue weighted by Gasteiger charge is 2.22. The third-order valence-corrected chi connectivity index (χ3v) is 4.04. The zero-order valence-electron chi connectivity index (χ0n) is 14.0. The van der Waals surface area contributed by atoms with Crippen molar-refractivity contribution in [2.45, 2.75) is 25.9 Å². The van der Waals surface area contributed by atoms with Gasteiger partial charge in [-0.05, 0) is 19.1 Å². The van der Waals surface area contributed by atoms with Crippen LogP contribution in [0.15, 0.2) is 36.7 Å². The molecule has 1 saturated heterocycles. The van der Waals surface area contributed by atoms with Gasteiger partial charge in [-0.1, -0.05) is 0 Å². The number of anilines is 1. The molecule has 8 nitrogen and oxygen atoms in total. The zero-order valence-corrected chi connectivity index (χ0v) is 14.0. The second-order valence-electron chi connectivity index (χ2n) is 5.70. The Morgan fingerprint density at radius 2 is 1.96 bits per heavy atom. The summed E-state index contributed by atoms with van der Waals surface area (Å²) in [7, 11) is 0. The molecule has 2 heterocycles. The minimum absolute atomic E-state index is 0.0658. The van der Waals surface area contributed by atoms with E-state index < -0.39 is 4.92 Å². The lowest BCUT2D eigenvalue weighted by atomic mass is 10.1. The highest BCUT2D eigenvalue weighted by Crippen LogP contribution is 2.24. The van der Waals surface area contributed by atoms with Crippen molar-refractivity contribution in [1.29, 1.82) is 0 Å². The minimum atomic E-state index is -0.416. The Balaban J connectivity index is 1.55. The number of nitro groups is 1. The molecule has 1 aliphatic heterocycles. The maximum absolute atomic E-state index is 10.7. The summed E-state index contributed by atoms with van der Waals surface area (Å²) in [5.74, 6) is 2.09. The van der Waals surface area contributed by atoms with Crippen LogP contribution in [-0.2, 0) is 0 Å². The van der Waals surface area contributed by atoms with Crippen LogP contribution >= 0.6 is 0 Å². The van der Waals surface area contributed by atoms with Crippen LogP contribution in [0.25, 0.3) is 0 Å². The molecule has 1 fully saturated rings. The van der Waals surface area contributed by atoms with Gasteiger partial charge in [-0.2, -0.15) is 0 Å². The fraction of sp³-hybridized carbons (Fsp3) is 0.412. The molecule has 132 valence electrons. The maximum Gasteiger partial charge on any atom is 0.269 e. The van der Waals surface area contributed by atoms with E-state index in [4.69, 9.17) is 9.47 Å². The van der Waals surface area contributed by atoms with E-state index in [0.29, 0.717) is 18.2 Å². The van der Waals surface area contributed by atoms with Gasteiger partial charge in [0.15, 0.2) is 0 Å². The molecule has 0 aliphatic carbocycles. The van der Waals surface area contributed by atoms with Crippen molar-refractivity contribution in [3.8, 4) is 11.6 Å². The third kappa shape index (κ3) is 4.34. The zero-order chi connectivity index (χ0) is 17.6. The van der Waals surface area contributed by atoms with Gasteiger partial charge in [0.05, 0.1) is 11.5 Å². The van der Waals surface area contributed by atoms with Gasteiger partial charge in [0, 0.05) is 44.1 Å². The first-order chi connectivity index (χ1) is 12.2. The Kier molecular flexibility index (Phi) is 5.27. The van der Waals surface area contributed by atoms with E-state index in [1.54, 1.807) is 12.1 Å². The molecule has 25 heavy (non-hydrogen) atoms. The van der Waals surface area contributed by atoms with Crippen molar-refractivity contribution in [2.75, 3.05) is 24.6 Å². The standard InChI is InChI=1S/C17H20N4O4/c1-2-24-17-11-16(18-12-19-17)20-9-7-15(8-10-20)25-14-5-3-13(4-6-14)21(22)23/h3-6,11-12,15H,2,7-10H2,1H3. The van der Waals surface area contributed by atoms with Crippen molar-refractivity contribution >= 4 is 11.5 Å². The van der Waals surface area contributed by atoms with Gasteiger partial charge >= 0.3 is 0 Å². The molecule has 3 rings (SSSR count). The van der Waals surface area contributed by atoms with Crippen LogP contribution in [0.2, 0.25) is 0 Å². The molecule has 0 saturated carbocycles. The molecule has 1 aromatic carbocycles. The summed E-state index contributed by atoms with van der Waals surface area (Å²) in [5, 5.41) is 10.7. The summed E-state index contributed by atoms with van der Waals surface area (Å²) < 4.78 is 11.3. The number of ether oxygens (including phenoxy) is 2. The Morgan fingerprint density at radius 1 is 1.24 bits per heavy atom. The second-order valence-corrected chi connectivity index (χ2v) is 5.70. The smallest absolute Gasteiger partial charge is 0.269 e. The molecule has 8 heteroatoms. The van der Waals surface area contributed by atoms with E-state index in [1.165, 1.54) is 18.5 Å². The molecule has 0 atom stereocenters. The van der Waals surface area contributed by atoms with Crippen molar-refractivity contribution in [2.24, 2.45) is 0 Å². The summed E-state index contributed by atoms with van der Waals surface area (Å²) in [6, 6.07) is 8.05. The topological polar surface area (TPSA) is 90.6 Å². The summed E-state index contributed by atoms with van der Waals surface area (Å²) >= 11 is 0. The second kappa shape index (κ2) is 7.78. The predicted octanol–water partition coefficient (Wildman–Crippen LogP) is 2.83. The van der Waals surface area contributed by atoms with E-state index in [2.05, 4.69) is 14.9 Å². The molecule has 1 aliphatic rings. The Hall–Kier alpha value is -2.90. The van der Waals surface area contributed by atoms with Crippen molar-refractivity contribution < 1.29 is 14.4 Å². The molecule has 0 unspecified atom stereocenters. The summed E-state index contributed by atoms with van der Waals surface area (Å²) in [6.07, 6.45) is 3.31. The average Bonchev–Trinajstić information content (AvgIpc) is 2.63. The predicted molar refractivity (Wildman–Crippen MR) is 92.2 cm³/mol. The number of benzene rings is 1. The average molecular weight is 344 g/mol. The first-order valence-corrected chi connectivity index (χ1v) is 8.26. The molecule has 0 N–H and O–H groups in total. The molecule has 1 aromatic heterocycles. The van der Waals surface area contributed by atoms with Crippen LogP contribution in [-0.4, -0.2) is 40.7 Å². The van der Waals surface area contributed by atoms with Crippen LogP contribution in [0.4, 0.5) is 11.5 Å². The van der Waals surface area contributed by atoms with Crippen molar-refractivity contribution in [3.05, 3.63) is 46.8 Å². The van der Waals surface area contributed by atoms with Crippen LogP contribution in [0.3, 0.4) is 0 Å². The lowest BCUT2D eigenvalue weighted by Crippen LogP contribution is -2.38. The molecule has 0 amide bonds. The first-order valence-electron chi connectivity index (χ1n) is 8.26. The molecule has 2 aromatic rings. The molecular weight excluding hydrogens is 324 g/mol. The van der Waals surface area contributed by atoms with E-state index >= 15 is 0 Å². The fourth-order valence-electron chi connectivity index (χ4n) is 2.77. The number of aromatic nitrogens is 2. The van der Waals surface area contributed by atoms with Crippen molar-refractivity contribution in [1.82, 2.24) is 9.97 Å². The summed E-state index contributed by atoms with van der Waals surface area (Å²) in [5.41, 5.74) is 0.0658. The van der Waals surface area contributed by atoms with Gasteiger partial charge in [0.25, 0.3) is 5.69 Å². The van der Waals surface area contributed by atoms with Crippen molar-refractivity contribution in [3.63, 3.8) is 0 Å². The largest absolute Gasteiger partial charge is 0.490 e. The number of nitrogens with zero attached hydrogens (tertiary/aromatic N) is 4. The van der Waals surface area contributed by atoms with Gasteiger partial charge in [0.2, 0.25) is 5.88 Å². The maximum atomic E-state index is 10.7. The highest BCUT2D eigenvalue weighted by atomic mass is 16.6. The quantitative estimate of drug-likeness (QED) is 0.588. The lowest BCUT2D eigenvalue weighted by Gasteiger charge is -2.32. The lowest BCUT2D eigenvalue weighted by molar-refractivity contribution is -0.384. The van der Waals surface area contributed by atoms with E-state index in [1.807, 2.05) is 13.0 Å². The Morgan fingerprint density at radius 3 is 2.60 bits per heavy atom. The van der Waals surface area contributed by atoms with Crippen LogP contribution in [0, 0.1) is 10.1 Å². The van der Waals surface area contributed by atoms with Gasteiger partial charge in [0.1, 0.15) is 24.0 Å². The van der Waals surface area contributed by atoms with Gasteiger partial charge in [-0.25, -0.2) is 9.97 Å². The highest BCUT2D eigenvalue weighted by molar-refractivity contribution is 5.41. The molecular formula is C17H20N4O4. The van der Waals surface area contributed by atoms with Gasteiger partial charge in [-0.15, -0.1) is 0 Å². The monoisotopic (exact) mass is 344 g/mol. The number of hydrogen-bond donors (Lipinski definition) is 0. The first kappa shape index (κ1) is 16.9. The molecule has 0 bridgehead atoms.